The van der Waals surface area contributed by atoms with Gasteiger partial charge in [0.2, 0.25) is 5.91 Å². The summed E-state index contributed by atoms with van der Waals surface area (Å²) in [7, 11) is 1.95. The van der Waals surface area contributed by atoms with Crippen molar-refractivity contribution in [2.45, 2.75) is 25.0 Å². The molecule has 1 amide bonds. The van der Waals surface area contributed by atoms with Gasteiger partial charge in [-0.3, -0.25) is 9.69 Å². The minimum absolute atomic E-state index is 0.0505. The summed E-state index contributed by atoms with van der Waals surface area (Å²) in [4.78, 5) is 14.2. The lowest BCUT2D eigenvalue weighted by Crippen LogP contribution is -2.40. The van der Waals surface area contributed by atoms with E-state index < -0.39 is 5.82 Å². The van der Waals surface area contributed by atoms with E-state index in [0.29, 0.717) is 0 Å². The lowest BCUT2D eigenvalue weighted by molar-refractivity contribution is -0.122. The quantitative estimate of drug-likeness (QED) is 0.901. The number of likely N-dealkylation sites (tertiary alicyclic amines) is 1. The van der Waals surface area contributed by atoms with E-state index in [1.807, 2.05) is 7.05 Å². The van der Waals surface area contributed by atoms with Gasteiger partial charge >= 0.3 is 0 Å². The average Bonchev–Trinajstić information content (AvgIpc) is 3.12. The van der Waals surface area contributed by atoms with Crippen LogP contribution in [0, 0.1) is 5.82 Å². The number of benzene rings is 1. The van der Waals surface area contributed by atoms with E-state index in [9.17, 15) is 9.18 Å². The normalized spacial score (nSPS) is 21.5. The molecule has 1 aromatic carbocycles. The van der Waals surface area contributed by atoms with Crippen molar-refractivity contribution in [3.8, 4) is 0 Å². The molecule has 1 aliphatic rings. The van der Waals surface area contributed by atoms with Crippen LogP contribution in [0.4, 0.5) is 4.39 Å². The zero-order valence-electron chi connectivity index (χ0n) is 12.5. The maximum Gasteiger partial charge on any atom is 0.242 e. The highest BCUT2D eigenvalue weighted by atomic mass is 35.5. The van der Waals surface area contributed by atoms with Gasteiger partial charge < -0.3 is 5.32 Å². The van der Waals surface area contributed by atoms with Crippen LogP contribution >= 0.6 is 11.6 Å². The highest BCUT2D eigenvalue weighted by Gasteiger charge is 2.34. The summed E-state index contributed by atoms with van der Waals surface area (Å²) in [5.74, 6) is -0.639. The Labute approximate surface area is 137 Å². The highest BCUT2D eigenvalue weighted by Crippen LogP contribution is 2.32. The first-order valence-electron chi connectivity index (χ1n) is 7.20. The van der Waals surface area contributed by atoms with Crippen molar-refractivity contribution in [1.82, 2.24) is 30.4 Å². The SMILES string of the molecule is CN1CCC(NC(=O)Cn2cnnn2)C1c1ccc(Cl)c(F)c1. The van der Waals surface area contributed by atoms with Crippen molar-refractivity contribution >= 4 is 17.5 Å². The maximum absolute atomic E-state index is 13.7. The zero-order chi connectivity index (χ0) is 16.4. The van der Waals surface area contributed by atoms with Crippen molar-refractivity contribution in [2.24, 2.45) is 0 Å². The third-order valence-electron chi connectivity index (χ3n) is 3.98. The standard InChI is InChI=1S/C14H16ClFN6O/c1-21-5-4-12(18-13(23)7-22-8-17-19-20-22)14(21)9-2-3-10(15)11(16)6-9/h2-3,6,8,12,14H,4-5,7H2,1H3,(H,18,23). The summed E-state index contributed by atoms with van der Waals surface area (Å²) in [5.41, 5.74) is 0.791. The van der Waals surface area contributed by atoms with Crippen molar-refractivity contribution in [3.63, 3.8) is 0 Å². The predicted octanol–water partition coefficient (Wildman–Crippen LogP) is 1.03. The Morgan fingerprint density at radius 1 is 1.52 bits per heavy atom. The molecule has 1 aromatic heterocycles. The van der Waals surface area contributed by atoms with Gasteiger partial charge in [0.25, 0.3) is 0 Å². The van der Waals surface area contributed by atoms with E-state index in [-0.39, 0.29) is 29.6 Å². The van der Waals surface area contributed by atoms with Crippen LogP contribution in [0.2, 0.25) is 5.02 Å². The molecule has 7 nitrogen and oxygen atoms in total. The molecular weight excluding hydrogens is 323 g/mol. The van der Waals surface area contributed by atoms with Crippen LogP contribution in [0.25, 0.3) is 0 Å². The smallest absolute Gasteiger partial charge is 0.242 e. The van der Waals surface area contributed by atoms with Crippen LogP contribution in [0.15, 0.2) is 24.5 Å². The molecule has 1 N–H and O–H groups in total. The molecule has 23 heavy (non-hydrogen) atoms. The fourth-order valence-electron chi connectivity index (χ4n) is 2.93. The summed E-state index contributed by atoms with van der Waals surface area (Å²) in [6.45, 7) is 0.861. The number of rotatable bonds is 4. The molecule has 0 spiro atoms. The number of aromatic nitrogens is 4. The minimum Gasteiger partial charge on any atom is -0.350 e. The van der Waals surface area contributed by atoms with Crippen LogP contribution in [-0.4, -0.2) is 50.6 Å². The third kappa shape index (κ3) is 3.48. The zero-order valence-corrected chi connectivity index (χ0v) is 13.2. The number of carbonyl (C=O) groups excluding carboxylic acids is 1. The number of halogens is 2. The first-order chi connectivity index (χ1) is 11.0. The van der Waals surface area contributed by atoms with Crippen LogP contribution in [-0.2, 0) is 11.3 Å². The van der Waals surface area contributed by atoms with Crippen molar-refractivity contribution < 1.29 is 9.18 Å². The van der Waals surface area contributed by atoms with Crippen molar-refractivity contribution in [3.05, 3.63) is 40.9 Å². The number of likely N-dealkylation sites (N-methyl/N-ethyl adjacent to an activating group) is 1. The number of carbonyl (C=O) groups is 1. The fraction of sp³-hybridized carbons (Fsp3) is 0.429. The van der Waals surface area contributed by atoms with Crippen LogP contribution in [0.1, 0.15) is 18.0 Å². The number of hydrogen-bond acceptors (Lipinski definition) is 5. The van der Waals surface area contributed by atoms with Gasteiger partial charge in [-0.15, -0.1) is 5.10 Å². The lowest BCUT2D eigenvalue weighted by Gasteiger charge is -2.26. The largest absolute Gasteiger partial charge is 0.350 e. The van der Waals surface area contributed by atoms with Crippen LogP contribution in [0.5, 0.6) is 0 Å². The Hall–Kier alpha value is -2.06. The number of nitrogens with zero attached hydrogens (tertiary/aromatic N) is 5. The number of hydrogen-bond donors (Lipinski definition) is 1. The van der Waals surface area contributed by atoms with Gasteiger partial charge in [0, 0.05) is 12.6 Å². The van der Waals surface area contributed by atoms with Gasteiger partial charge in [0.05, 0.1) is 11.1 Å². The Bertz CT molecular complexity index is 695. The Morgan fingerprint density at radius 2 is 2.35 bits per heavy atom. The van der Waals surface area contributed by atoms with Gasteiger partial charge in [0.15, 0.2) is 0 Å². The molecule has 0 saturated carbocycles. The topological polar surface area (TPSA) is 75.9 Å². The van der Waals surface area contributed by atoms with Crippen LogP contribution in [0.3, 0.4) is 0 Å². The molecule has 9 heteroatoms. The summed E-state index contributed by atoms with van der Waals surface area (Å²) in [5, 5.41) is 13.7. The first kappa shape index (κ1) is 15.8. The van der Waals surface area contributed by atoms with Gasteiger partial charge in [-0.05, 0) is 41.6 Å². The monoisotopic (exact) mass is 338 g/mol. The maximum atomic E-state index is 13.7. The molecule has 2 unspecified atom stereocenters. The molecule has 0 bridgehead atoms. The number of tetrazole rings is 1. The first-order valence-corrected chi connectivity index (χ1v) is 7.57. The van der Waals surface area contributed by atoms with E-state index in [0.717, 1.165) is 18.5 Å². The molecule has 0 radical (unpaired) electrons. The molecule has 1 fully saturated rings. The molecule has 2 atom stereocenters. The van der Waals surface area contributed by atoms with Gasteiger partial charge in [-0.2, -0.15) is 0 Å². The molecule has 3 rings (SSSR count). The molecule has 122 valence electrons. The Balaban J connectivity index is 1.73. The molecule has 2 aromatic rings. The van der Waals surface area contributed by atoms with E-state index in [1.54, 1.807) is 12.1 Å². The second kappa shape index (κ2) is 6.59. The molecule has 2 heterocycles. The Kier molecular flexibility index (Phi) is 4.53. The summed E-state index contributed by atoms with van der Waals surface area (Å²) in [6, 6.07) is 4.55. The summed E-state index contributed by atoms with van der Waals surface area (Å²) >= 11 is 5.74. The van der Waals surface area contributed by atoms with E-state index >= 15 is 0 Å². The lowest BCUT2D eigenvalue weighted by atomic mass is 10.00. The van der Waals surface area contributed by atoms with Gasteiger partial charge in [-0.1, -0.05) is 17.7 Å². The van der Waals surface area contributed by atoms with Crippen LogP contribution < -0.4 is 5.32 Å². The number of amides is 1. The van der Waals surface area contributed by atoms with Gasteiger partial charge in [-0.25, -0.2) is 9.07 Å². The average molecular weight is 339 g/mol. The van der Waals surface area contributed by atoms with Crippen molar-refractivity contribution in [1.29, 1.82) is 0 Å². The third-order valence-corrected chi connectivity index (χ3v) is 4.28. The van der Waals surface area contributed by atoms with Gasteiger partial charge in [0.1, 0.15) is 18.7 Å². The summed E-state index contributed by atoms with van der Waals surface area (Å²) < 4.78 is 15.1. The van der Waals surface area contributed by atoms with E-state index in [4.69, 9.17) is 11.6 Å². The molecular formula is C14H16ClFN6O. The fourth-order valence-corrected chi connectivity index (χ4v) is 3.05. The van der Waals surface area contributed by atoms with Crippen molar-refractivity contribution in [2.75, 3.05) is 13.6 Å². The van der Waals surface area contributed by atoms with E-state index in [2.05, 4.69) is 25.7 Å². The van der Waals surface area contributed by atoms with E-state index in [1.165, 1.54) is 17.1 Å². The molecule has 1 aliphatic heterocycles. The highest BCUT2D eigenvalue weighted by molar-refractivity contribution is 6.30. The molecule has 1 saturated heterocycles. The second-order valence-corrected chi connectivity index (χ2v) is 5.98. The minimum atomic E-state index is -0.455. The second-order valence-electron chi connectivity index (χ2n) is 5.57. The Morgan fingerprint density at radius 3 is 3.04 bits per heavy atom. The number of nitrogens with one attached hydrogen (secondary N) is 1. The predicted molar refractivity (Wildman–Crippen MR) is 81.1 cm³/mol. The summed E-state index contributed by atoms with van der Waals surface area (Å²) in [6.07, 6.45) is 2.17. The molecule has 0 aliphatic carbocycles.